The molecule has 1 aliphatic heterocycles. The molecule has 25 heavy (non-hydrogen) atoms. The highest BCUT2D eigenvalue weighted by molar-refractivity contribution is 9.11. The molecule has 1 aliphatic rings. The minimum absolute atomic E-state index is 0.110. The van der Waals surface area contributed by atoms with Gasteiger partial charge in [0.15, 0.2) is 5.82 Å². The number of carbonyl (C=O) groups is 1. The SMILES string of the molecule is O=C1Nc2ccc(-c3nnn[nH]3)cc2/C1=C/c1cc(Br)c(O)c(Br)c1. The van der Waals surface area contributed by atoms with Crippen LogP contribution in [-0.2, 0) is 4.79 Å². The standard InChI is InChI=1S/C16H9Br2N5O2/c17-11-4-7(5-12(18)14(11)24)3-10-9-6-8(15-20-22-23-21-15)1-2-13(9)19-16(10)25/h1-6,24H,(H,19,25)(H,20,21,22,23)/b10-3-. The molecule has 0 unspecified atom stereocenters. The fraction of sp³-hybridized carbons (Fsp3) is 0. The van der Waals surface area contributed by atoms with Gasteiger partial charge in [-0.15, -0.1) is 5.10 Å². The van der Waals surface area contributed by atoms with Gasteiger partial charge in [-0.2, -0.15) is 0 Å². The van der Waals surface area contributed by atoms with Crippen molar-refractivity contribution < 1.29 is 9.90 Å². The Balaban J connectivity index is 1.82. The lowest BCUT2D eigenvalue weighted by Crippen LogP contribution is -2.03. The molecule has 124 valence electrons. The highest BCUT2D eigenvalue weighted by atomic mass is 79.9. The van der Waals surface area contributed by atoms with Gasteiger partial charge in [0.25, 0.3) is 5.91 Å². The van der Waals surface area contributed by atoms with Gasteiger partial charge >= 0.3 is 0 Å². The third-order valence-corrected chi connectivity index (χ3v) is 4.98. The van der Waals surface area contributed by atoms with E-state index in [1.165, 1.54) is 0 Å². The van der Waals surface area contributed by atoms with Crippen molar-refractivity contribution in [3.8, 4) is 17.1 Å². The van der Waals surface area contributed by atoms with Crippen LogP contribution in [-0.4, -0.2) is 31.6 Å². The van der Waals surface area contributed by atoms with Gasteiger partial charge in [0.2, 0.25) is 0 Å². The Morgan fingerprint density at radius 1 is 1.12 bits per heavy atom. The van der Waals surface area contributed by atoms with Gasteiger partial charge in [0, 0.05) is 22.4 Å². The van der Waals surface area contributed by atoms with Gasteiger partial charge in [-0.1, -0.05) is 0 Å². The molecule has 4 rings (SSSR count). The average molecular weight is 463 g/mol. The summed E-state index contributed by atoms with van der Waals surface area (Å²) in [5, 5.41) is 26.4. The van der Waals surface area contributed by atoms with Gasteiger partial charge in [0.1, 0.15) is 5.75 Å². The van der Waals surface area contributed by atoms with Gasteiger partial charge in [-0.05, 0) is 84.3 Å². The second kappa shape index (κ2) is 6.08. The lowest BCUT2D eigenvalue weighted by Gasteiger charge is -2.04. The van der Waals surface area contributed by atoms with Crippen LogP contribution in [0.4, 0.5) is 5.69 Å². The first-order chi connectivity index (χ1) is 12.0. The van der Waals surface area contributed by atoms with Gasteiger partial charge in [-0.3, -0.25) is 4.79 Å². The van der Waals surface area contributed by atoms with E-state index in [-0.39, 0.29) is 11.7 Å². The molecular formula is C16H9Br2N5O2. The minimum Gasteiger partial charge on any atom is -0.506 e. The number of aromatic nitrogens is 4. The largest absolute Gasteiger partial charge is 0.506 e. The first kappa shape index (κ1) is 16.0. The van der Waals surface area contributed by atoms with Crippen LogP contribution in [0.2, 0.25) is 0 Å². The van der Waals surface area contributed by atoms with Crippen LogP contribution in [0.3, 0.4) is 0 Å². The number of phenols is 1. The number of phenolic OH excluding ortho intramolecular Hbond substituents is 1. The van der Waals surface area contributed by atoms with Crippen LogP contribution in [0.25, 0.3) is 23.0 Å². The topological polar surface area (TPSA) is 104 Å². The third-order valence-electron chi connectivity index (χ3n) is 3.77. The van der Waals surface area contributed by atoms with Crippen molar-refractivity contribution in [3.05, 3.63) is 50.4 Å². The lowest BCUT2D eigenvalue weighted by atomic mass is 10.0. The number of tetrazole rings is 1. The molecule has 1 amide bonds. The molecule has 9 heteroatoms. The van der Waals surface area contributed by atoms with E-state index in [1.54, 1.807) is 18.2 Å². The first-order valence-electron chi connectivity index (χ1n) is 7.12. The maximum absolute atomic E-state index is 12.4. The molecule has 0 aliphatic carbocycles. The summed E-state index contributed by atoms with van der Waals surface area (Å²) >= 11 is 6.59. The number of benzene rings is 2. The maximum Gasteiger partial charge on any atom is 0.256 e. The number of hydrogen-bond acceptors (Lipinski definition) is 5. The van der Waals surface area contributed by atoms with E-state index in [0.29, 0.717) is 20.3 Å². The van der Waals surface area contributed by atoms with Crippen LogP contribution < -0.4 is 5.32 Å². The van der Waals surface area contributed by atoms with Gasteiger partial charge in [-0.25, -0.2) is 5.10 Å². The Morgan fingerprint density at radius 3 is 2.56 bits per heavy atom. The quantitative estimate of drug-likeness (QED) is 0.505. The molecular weight excluding hydrogens is 454 g/mol. The normalized spacial score (nSPS) is 14.6. The summed E-state index contributed by atoms with van der Waals surface area (Å²) in [5.74, 6) is 0.443. The van der Waals surface area contributed by atoms with Crippen molar-refractivity contribution in [2.45, 2.75) is 0 Å². The number of anilines is 1. The Morgan fingerprint density at radius 2 is 1.88 bits per heavy atom. The van der Waals surface area contributed by atoms with Crippen LogP contribution in [0.1, 0.15) is 11.1 Å². The molecule has 3 aromatic rings. The number of amides is 1. The zero-order valence-corrected chi connectivity index (χ0v) is 15.6. The van der Waals surface area contributed by atoms with Gasteiger partial charge in [0.05, 0.1) is 8.95 Å². The third kappa shape index (κ3) is 2.85. The summed E-state index contributed by atoms with van der Waals surface area (Å²) in [7, 11) is 0. The molecule has 2 heterocycles. The van der Waals surface area contributed by atoms with E-state index in [9.17, 15) is 9.90 Å². The second-order valence-corrected chi connectivity index (χ2v) is 7.06. The van der Waals surface area contributed by atoms with Crippen molar-refractivity contribution >= 4 is 55.1 Å². The van der Waals surface area contributed by atoms with E-state index in [1.807, 2.05) is 18.2 Å². The average Bonchev–Trinajstić information content (AvgIpc) is 3.21. The molecule has 0 radical (unpaired) electrons. The molecule has 0 fully saturated rings. The Hall–Kier alpha value is -2.52. The summed E-state index contributed by atoms with van der Waals surface area (Å²) in [4.78, 5) is 12.4. The summed E-state index contributed by atoms with van der Waals surface area (Å²) in [5.41, 5.74) is 3.55. The molecule has 1 aromatic heterocycles. The van der Waals surface area contributed by atoms with Crippen LogP contribution >= 0.6 is 31.9 Å². The van der Waals surface area contributed by atoms with E-state index >= 15 is 0 Å². The lowest BCUT2D eigenvalue weighted by molar-refractivity contribution is -0.110. The Bertz CT molecular complexity index is 1010. The van der Waals surface area contributed by atoms with E-state index in [0.717, 1.165) is 22.4 Å². The second-order valence-electron chi connectivity index (χ2n) is 5.36. The van der Waals surface area contributed by atoms with Crippen molar-refractivity contribution in [2.75, 3.05) is 5.32 Å². The van der Waals surface area contributed by atoms with Crippen LogP contribution in [0.5, 0.6) is 5.75 Å². The number of fused-ring (bicyclic) bond motifs is 1. The number of carbonyl (C=O) groups excluding carboxylic acids is 1. The summed E-state index contributed by atoms with van der Waals surface area (Å²) < 4.78 is 1.07. The van der Waals surface area contributed by atoms with E-state index in [4.69, 9.17) is 0 Å². The van der Waals surface area contributed by atoms with Gasteiger partial charge < -0.3 is 10.4 Å². The maximum atomic E-state index is 12.4. The molecule has 0 atom stereocenters. The van der Waals surface area contributed by atoms with Crippen molar-refractivity contribution in [3.63, 3.8) is 0 Å². The number of nitrogens with one attached hydrogen (secondary N) is 2. The number of nitrogens with zero attached hydrogens (tertiary/aromatic N) is 3. The number of H-pyrrole nitrogens is 1. The van der Waals surface area contributed by atoms with Crippen LogP contribution in [0, 0.1) is 0 Å². The number of aromatic hydroxyl groups is 1. The number of hydrogen-bond donors (Lipinski definition) is 3. The Kier molecular flexibility index (Phi) is 3.89. The smallest absolute Gasteiger partial charge is 0.256 e. The predicted molar refractivity (Wildman–Crippen MR) is 99.6 cm³/mol. The number of rotatable bonds is 2. The number of halogens is 2. The zero-order chi connectivity index (χ0) is 17.6. The molecule has 0 spiro atoms. The predicted octanol–water partition coefficient (Wildman–Crippen LogP) is 3.59. The minimum atomic E-state index is -0.192. The molecule has 2 aromatic carbocycles. The van der Waals surface area contributed by atoms with Crippen molar-refractivity contribution in [1.82, 2.24) is 20.6 Å². The fourth-order valence-corrected chi connectivity index (χ4v) is 3.82. The molecule has 3 N–H and O–H groups in total. The monoisotopic (exact) mass is 461 g/mol. The highest BCUT2D eigenvalue weighted by Crippen LogP contribution is 2.38. The summed E-state index contributed by atoms with van der Waals surface area (Å²) in [6, 6.07) is 8.98. The zero-order valence-electron chi connectivity index (χ0n) is 12.4. The van der Waals surface area contributed by atoms with Crippen molar-refractivity contribution in [2.24, 2.45) is 0 Å². The molecule has 7 nitrogen and oxygen atoms in total. The molecule has 0 saturated carbocycles. The fourth-order valence-electron chi connectivity index (χ4n) is 2.60. The van der Waals surface area contributed by atoms with Crippen molar-refractivity contribution in [1.29, 1.82) is 0 Å². The van der Waals surface area contributed by atoms with E-state index < -0.39 is 0 Å². The number of aromatic amines is 1. The molecule has 0 saturated heterocycles. The summed E-state index contributed by atoms with van der Waals surface area (Å²) in [6.45, 7) is 0. The molecule has 0 bridgehead atoms. The van der Waals surface area contributed by atoms with Crippen LogP contribution in [0.15, 0.2) is 39.3 Å². The van der Waals surface area contributed by atoms with E-state index in [2.05, 4.69) is 57.8 Å². The summed E-state index contributed by atoms with van der Waals surface area (Å²) in [6.07, 6.45) is 1.76. The Labute approximate surface area is 158 Å². The first-order valence-corrected chi connectivity index (χ1v) is 8.71. The highest BCUT2D eigenvalue weighted by Gasteiger charge is 2.25.